The molecule has 0 aliphatic carbocycles. The second kappa shape index (κ2) is 8.73. The summed E-state index contributed by atoms with van der Waals surface area (Å²) in [5.74, 6) is 0.841. The zero-order valence-electron chi connectivity index (χ0n) is 11.6. The minimum Gasteiger partial charge on any atom is -0.496 e. The number of hydrogen-bond donors (Lipinski definition) is 0. The van der Waals surface area contributed by atoms with Gasteiger partial charge in [0.1, 0.15) is 12.0 Å². The molecule has 0 saturated carbocycles. The molecule has 1 aromatic carbocycles. The van der Waals surface area contributed by atoms with Gasteiger partial charge in [-0.15, -0.1) is 0 Å². The summed E-state index contributed by atoms with van der Waals surface area (Å²) in [6.45, 7) is 2.24. The van der Waals surface area contributed by atoms with Gasteiger partial charge in [0.2, 0.25) is 0 Å². The lowest BCUT2D eigenvalue weighted by atomic mass is 10.0. The van der Waals surface area contributed by atoms with Gasteiger partial charge in [-0.1, -0.05) is 51.2 Å². The first-order valence-electron chi connectivity index (χ1n) is 6.94. The second-order valence-electron chi connectivity index (χ2n) is 4.71. The summed E-state index contributed by atoms with van der Waals surface area (Å²) < 4.78 is 5.32. The highest BCUT2D eigenvalue weighted by molar-refractivity contribution is 5.75. The minimum atomic E-state index is 0.679. The van der Waals surface area contributed by atoms with E-state index in [1.54, 1.807) is 7.11 Å². The van der Waals surface area contributed by atoms with Gasteiger partial charge >= 0.3 is 0 Å². The van der Waals surface area contributed by atoms with Crippen molar-refractivity contribution in [2.45, 2.75) is 51.9 Å². The molecule has 0 spiro atoms. The van der Waals surface area contributed by atoms with Crippen LogP contribution in [0.5, 0.6) is 5.75 Å². The van der Waals surface area contributed by atoms with Gasteiger partial charge in [0, 0.05) is 5.56 Å². The predicted octanol–water partition coefficient (Wildman–Crippen LogP) is 4.41. The van der Waals surface area contributed by atoms with Gasteiger partial charge in [-0.25, -0.2) is 0 Å². The van der Waals surface area contributed by atoms with Gasteiger partial charge in [-0.05, 0) is 24.5 Å². The summed E-state index contributed by atoms with van der Waals surface area (Å²) in [7, 11) is 1.66. The van der Waals surface area contributed by atoms with Crippen molar-refractivity contribution in [1.29, 1.82) is 0 Å². The third-order valence-corrected chi connectivity index (χ3v) is 3.25. The third kappa shape index (κ3) is 4.91. The fraction of sp³-hybridized carbons (Fsp3) is 0.562. The van der Waals surface area contributed by atoms with Gasteiger partial charge in [-0.3, -0.25) is 4.79 Å². The van der Waals surface area contributed by atoms with Crippen molar-refractivity contribution >= 4 is 6.29 Å². The van der Waals surface area contributed by atoms with Gasteiger partial charge in [0.25, 0.3) is 0 Å². The van der Waals surface area contributed by atoms with Crippen LogP contribution in [0.4, 0.5) is 0 Å². The Morgan fingerprint density at radius 1 is 1.11 bits per heavy atom. The normalized spacial score (nSPS) is 10.3. The van der Waals surface area contributed by atoms with Gasteiger partial charge in [-0.2, -0.15) is 0 Å². The number of methoxy groups -OCH3 is 1. The molecule has 0 aromatic heterocycles. The highest BCUT2D eigenvalue weighted by Gasteiger charge is 2.04. The van der Waals surface area contributed by atoms with Gasteiger partial charge < -0.3 is 4.74 Å². The number of unbranched alkanes of at least 4 members (excludes halogenated alkanes) is 5. The average Bonchev–Trinajstić information content (AvgIpc) is 2.42. The zero-order valence-corrected chi connectivity index (χ0v) is 11.6. The largest absolute Gasteiger partial charge is 0.496 e. The molecule has 0 saturated heterocycles. The van der Waals surface area contributed by atoms with E-state index in [9.17, 15) is 4.79 Å². The van der Waals surface area contributed by atoms with E-state index in [2.05, 4.69) is 6.92 Å². The Balaban J connectivity index is 2.39. The predicted molar refractivity (Wildman–Crippen MR) is 75.5 cm³/mol. The summed E-state index contributed by atoms with van der Waals surface area (Å²) in [5.41, 5.74) is 1.89. The van der Waals surface area contributed by atoms with E-state index in [4.69, 9.17) is 4.74 Å². The first-order valence-corrected chi connectivity index (χ1v) is 6.94. The lowest BCUT2D eigenvalue weighted by Gasteiger charge is -2.09. The highest BCUT2D eigenvalue weighted by Crippen LogP contribution is 2.22. The van der Waals surface area contributed by atoms with Crippen LogP contribution in [0.25, 0.3) is 0 Å². The van der Waals surface area contributed by atoms with Crippen molar-refractivity contribution in [1.82, 2.24) is 0 Å². The maximum Gasteiger partial charge on any atom is 0.150 e. The Labute approximate surface area is 110 Å². The van der Waals surface area contributed by atoms with E-state index in [0.29, 0.717) is 5.56 Å². The highest BCUT2D eigenvalue weighted by atomic mass is 16.5. The standard InChI is InChI=1S/C16H24O2/c1-3-4-5-6-7-8-9-15-11-10-14(13-17)12-16(15)18-2/h10-13H,3-9H2,1-2H3. The summed E-state index contributed by atoms with van der Waals surface area (Å²) in [4.78, 5) is 10.7. The molecule has 0 unspecified atom stereocenters. The molecule has 0 radical (unpaired) electrons. The molecule has 0 atom stereocenters. The van der Waals surface area contributed by atoms with E-state index in [-0.39, 0.29) is 0 Å². The lowest BCUT2D eigenvalue weighted by Crippen LogP contribution is -1.94. The van der Waals surface area contributed by atoms with Gasteiger partial charge in [0.15, 0.2) is 0 Å². The molecule has 0 aliphatic rings. The van der Waals surface area contributed by atoms with Crippen LogP contribution in [0, 0.1) is 0 Å². The Hall–Kier alpha value is -1.31. The van der Waals surface area contributed by atoms with Crippen molar-refractivity contribution < 1.29 is 9.53 Å². The number of carbonyl (C=O) groups is 1. The monoisotopic (exact) mass is 248 g/mol. The van der Waals surface area contributed by atoms with Crippen molar-refractivity contribution in [3.63, 3.8) is 0 Å². The summed E-state index contributed by atoms with van der Waals surface area (Å²) in [6, 6.07) is 5.69. The Kier molecular flexibility index (Phi) is 7.16. The maximum absolute atomic E-state index is 10.7. The summed E-state index contributed by atoms with van der Waals surface area (Å²) in [6.07, 6.45) is 9.67. The van der Waals surface area contributed by atoms with Crippen molar-refractivity contribution in [2.24, 2.45) is 0 Å². The maximum atomic E-state index is 10.7. The molecule has 0 amide bonds. The van der Waals surface area contributed by atoms with Crippen molar-refractivity contribution in [3.8, 4) is 5.75 Å². The van der Waals surface area contributed by atoms with Crippen LogP contribution in [0.2, 0.25) is 0 Å². The molecule has 0 aliphatic heterocycles. The number of hydrogen-bond acceptors (Lipinski definition) is 2. The molecule has 0 bridgehead atoms. The van der Waals surface area contributed by atoms with Crippen LogP contribution in [-0.4, -0.2) is 13.4 Å². The molecular formula is C16H24O2. The number of benzene rings is 1. The Morgan fingerprint density at radius 3 is 2.50 bits per heavy atom. The number of carbonyl (C=O) groups excluding carboxylic acids is 1. The number of aryl methyl sites for hydroxylation is 1. The van der Waals surface area contributed by atoms with Crippen LogP contribution in [0.1, 0.15) is 61.4 Å². The molecule has 0 fully saturated rings. The van der Waals surface area contributed by atoms with Crippen molar-refractivity contribution in [2.75, 3.05) is 7.11 Å². The number of rotatable bonds is 9. The molecule has 0 N–H and O–H groups in total. The Morgan fingerprint density at radius 2 is 1.83 bits per heavy atom. The van der Waals surface area contributed by atoms with Crippen molar-refractivity contribution in [3.05, 3.63) is 29.3 Å². The third-order valence-electron chi connectivity index (χ3n) is 3.25. The molecule has 100 valence electrons. The fourth-order valence-electron chi connectivity index (χ4n) is 2.14. The number of ether oxygens (including phenoxy) is 1. The summed E-state index contributed by atoms with van der Waals surface area (Å²) in [5, 5.41) is 0. The van der Waals surface area contributed by atoms with Crippen LogP contribution >= 0.6 is 0 Å². The Bertz CT molecular complexity index is 358. The smallest absolute Gasteiger partial charge is 0.150 e. The van der Waals surface area contributed by atoms with Crippen LogP contribution in [0.15, 0.2) is 18.2 Å². The van der Waals surface area contributed by atoms with E-state index < -0.39 is 0 Å². The quantitative estimate of drug-likeness (QED) is 0.478. The first kappa shape index (κ1) is 14.7. The molecule has 2 nitrogen and oxygen atoms in total. The topological polar surface area (TPSA) is 26.3 Å². The van der Waals surface area contributed by atoms with Crippen LogP contribution < -0.4 is 4.74 Å². The van der Waals surface area contributed by atoms with E-state index in [1.807, 2.05) is 18.2 Å². The molecule has 1 aromatic rings. The molecule has 0 heterocycles. The number of aldehydes is 1. The SMILES string of the molecule is CCCCCCCCc1ccc(C=O)cc1OC. The average molecular weight is 248 g/mol. The lowest BCUT2D eigenvalue weighted by molar-refractivity contribution is 0.112. The minimum absolute atomic E-state index is 0.679. The zero-order chi connectivity index (χ0) is 13.2. The molecule has 2 heteroatoms. The first-order chi connectivity index (χ1) is 8.81. The van der Waals surface area contributed by atoms with E-state index in [0.717, 1.165) is 18.5 Å². The van der Waals surface area contributed by atoms with E-state index in [1.165, 1.54) is 44.1 Å². The van der Waals surface area contributed by atoms with Gasteiger partial charge in [0.05, 0.1) is 7.11 Å². The molecule has 1 rings (SSSR count). The van der Waals surface area contributed by atoms with Crippen LogP contribution in [-0.2, 0) is 6.42 Å². The van der Waals surface area contributed by atoms with Crippen LogP contribution in [0.3, 0.4) is 0 Å². The van der Waals surface area contributed by atoms with E-state index >= 15 is 0 Å². The second-order valence-corrected chi connectivity index (χ2v) is 4.71. The summed E-state index contributed by atoms with van der Waals surface area (Å²) >= 11 is 0. The fourth-order valence-corrected chi connectivity index (χ4v) is 2.14. The molecular weight excluding hydrogens is 224 g/mol. The molecule has 18 heavy (non-hydrogen) atoms.